The number of nitro benzene ring substituents is 2. The number of allylic oxidation sites excluding steroid dienone is 2. The molecule has 2 aliphatic heterocycles. The maximum absolute atomic E-state index is 13.9. The Morgan fingerprint density at radius 2 is 0.942 bits per heavy atom. The molecule has 0 spiro atoms. The fourth-order valence-corrected chi connectivity index (χ4v) is 20.4. The Bertz CT molecular complexity index is 5430. The average molecular weight is 1670 g/mol. The van der Waals surface area contributed by atoms with Crippen LogP contribution in [0.15, 0.2) is 192 Å². The number of sulfonamides is 2. The number of aliphatic hydroxyl groups is 2. The molecular weight excluding hydrogens is 1560 g/mol. The van der Waals surface area contributed by atoms with Crippen molar-refractivity contribution >= 4 is 87.8 Å². The van der Waals surface area contributed by atoms with Crippen molar-refractivity contribution in [3.63, 3.8) is 0 Å². The van der Waals surface area contributed by atoms with E-state index >= 15 is 0 Å². The Kier molecular flexibility index (Phi) is 25.2. The molecule has 0 radical (unpaired) electrons. The first kappa shape index (κ1) is 83.9. The van der Waals surface area contributed by atoms with E-state index in [0.717, 1.165) is 148 Å². The van der Waals surface area contributed by atoms with E-state index in [0.29, 0.717) is 85.7 Å². The van der Waals surface area contributed by atoms with Crippen molar-refractivity contribution < 1.29 is 56.0 Å². The zero-order valence-corrected chi connectivity index (χ0v) is 69.7. The summed E-state index contributed by atoms with van der Waals surface area (Å²) in [6.45, 7) is 11.1. The van der Waals surface area contributed by atoms with E-state index in [1.54, 1.807) is 48.8 Å². The Morgan fingerprint density at radius 1 is 0.533 bits per heavy atom. The zero-order valence-electron chi connectivity index (χ0n) is 68.0. The smallest absolute Gasteiger partial charge is 0.293 e. The second-order valence-corrected chi connectivity index (χ2v) is 36.8. The number of H-pyrrole nitrogens is 2. The highest BCUT2D eigenvalue weighted by Crippen LogP contribution is 2.45. The van der Waals surface area contributed by atoms with Gasteiger partial charge in [-0.05, 0) is 285 Å². The van der Waals surface area contributed by atoms with Crippen LogP contribution in [-0.2, 0) is 32.9 Å². The summed E-state index contributed by atoms with van der Waals surface area (Å²) in [5.41, 5.74) is 9.02. The molecule has 0 bridgehead atoms. The molecule has 120 heavy (non-hydrogen) atoms. The number of rotatable bonds is 26. The van der Waals surface area contributed by atoms with E-state index < -0.39 is 74.1 Å². The van der Waals surface area contributed by atoms with Crippen molar-refractivity contribution in [2.24, 2.45) is 11.8 Å². The van der Waals surface area contributed by atoms with Crippen LogP contribution >= 0.6 is 0 Å². The van der Waals surface area contributed by atoms with Crippen LogP contribution in [0.1, 0.15) is 209 Å². The first-order valence-corrected chi connectivity index (χ1v) is 44.9. The number of aryl methyl sites for hydroxylation is 2. The number of aromatic nitrogens is 4. The van der Waals surface area contributed by atoms with E-state index in [1.807, 2.05) is 38.1 Å². The third-order valence-electron chi connectivity index (χ3n) is 25.2. The number of aromatic amines is 2. The average Bonchev–Trinajstić information content (AvgIpc) is 1.11. The lowest BCUT2D eigenvalue weighted by atomic mass is 9.80. The van der Waals surface area contributed by atoms with Gasteiger partial charge in [0, 0.05) is 72.6 Å². The second kappa shape index (κ2) is 36.0. The van der Waals surface area contributed by atoms with Gasteiger partial charge in [0.25, 0.3) is 43.2 Å². The predicted molar refractivity (Wildman–Crippen MR) is 463 cm³/mol. The van der Waals surface area contributed by atoms with Gasteiger partial charge < -0.3 is 40.3 Å². The highest BCUT2D eigenvalue weighted by Gasteiger charge is 2.38. The first-order valence-electron chi connectivity index (χ1n) is 41.9. The van der Waals surface area contributed by atoms with Crippen LogP contribution in [0.25, 0.3) is 33.2 Å². The van der Waals surface area contributed by atoms with Crippen LogP contribution in [0, 0.1) is 32.1 Å². The van der Waals surface area contributed by atoms with Crippen molar-refractivity contribution in [2.45, 2.75) is 201 Å². The van der Waals surface area contributed by atoms with E-state index in [-0.39, 0.29) is 45.8 Å². The molecule has 2 unspecified atom stereocenters. The maximum Gasteiger partial charge on any atom is 0.293 e. The number of likely N-dealkylation sites (tertiary alicyclic amines) is 2. The molecule has 4 aromatic heterocycles. The third-order valence-corrected chi connectivity index (χ3v) is 27.9. The number of anilines is 2. The number of ether oxygens (including phenoxy) is 2. The number of pyridine rings is 2. The lowest BCUT2D eigenvalue weighted by Crippen LogP contribution is -2.36. The Hall–Kier alpha value is -11.1. The number of carbonyl (C=O) groups excluding carboxylic acids is 2. The van der Waals surface area contributed by atoms with Crippen molar-refractivity contribution in [3.05, 3.63) is 247 Å². The van der Waals surface area contributed by atoms with Gasteiger partial charge in [0.15, 0.2) is 0 Å². The molecule has 4 fully saturated rings. The normalized spacial score (nSPS) is 22.3. The van der Waals surface area contributed by atoms with Crippen molar-refractivity contribution in [1.29, 1.82) is 0 Å². The summed E-state index contributed by atoms with van der Waals surface area (Å²) in [5.74, 6) is -0.475. The molecule has 16 rings (SSSR count). The summed E-state index contributed by atoms with van der Waals surface area (Å²) in [7, 11) is -9.12. The first-order chi connectivity index (χ1) is 57.7. The summed E-state index contributed by atoms with van der Waals surface area (Å²) in [4.78, 5) is 70.2. The maximum atomic E-state index is 13.9. The van der Waals surface area contributed by atoms with Crippen LogP contribution < -0.4 is 29.6 Å². The molecule has 2 saturated heterocycles. The predicted octanol–water partition coefficient (Wildman–Crippen LogP) is 18.1. The van der Waals surface area contributed by atoms with Gasteiger partial charge >= 0.3 is 0 Å². The van der Waals surface area contributed by atoms with Gasteiger partial charge in [-0.25, -0.2) is 36.2 Å². The van der Waals surface area contributed by atoms with Crippen LogP contribution in [0.5, 0.6) is 23.0 Å². The monoisotopic (exact) mass is 1660 g/mol. The fraction of sp³-hybridized carbons (Fsp3) is 0.391. The van der Waals surface area contributed by atoms with Gasteiger partial charge in [-0.1, -0.05) is 86.7 Å². The topological polar surface area (TPSA) is 360 Å². The molecule has 6 aliphatic rings. The number of fused-ring (bicyclic) bond motifs is 2. The molecule has 4 atom stereocenters. The molecule has 2 amide bonds. The molecule has 28 heteroatoms. The molecule has 4 aliphatic carbocycles. The zero-order chi connectivity index (χ0) is 84.0. The van der Waals surface area contributed by atoms with E-state index in [2.05, 4.69) is 124 Å². The van der Waals surface area contributed by atoms with Gasteiger partial charge in [-0.2, -0.15) is 0 Å². The molecule has 8 N–H and O–H groups in total. The number of hydrogen-bond donors (Lipinski definition) is 8. The molecule has 2 saturated carbocycles. The molecule has 6 aromatic carbocycles. The largest absolute Gasteiger partial charge is 0.455 e. The van der Waals surface area contributed by atoms with E-state index in [4.69, 9.17) is 9.47 Å². The van der Waals surface area contributed by atoms with Gasteiger partial charge in [0.05, 0.1) is 54.4 Å². The Balaban J connectivity index is 0.000000187. The number of hydrogen-bond acceptors (Lipinski definition) is 20. The van der Waals surface area contributed by atoms with Crippen LogP contribution in [0.4, 0.5) is 22.7 Å². The number of carbonyl (C=O) groups is 2. The highest BCUT2D eigenvalue weighted by molar-refractivity contribution is 7.90. The standard InChI is InChI=1S/2C46H52N6O7S/c2*1-3-31-7-4-5-8-38(31)41-9-6-24-51(41)35-13-10-32(11-14-35)33-12-16-39(43(26-33)59-36-25-34-20-23-47-44(34)49-29-36)45(53)50-60(57,58)37-15-17-40(42(27-37)52(55)56)48-28-30-18-21-46(2,54)22-19-30/h2*4-5,7-8,10,12,15-17,20,23,25-27,29-30,35,41,48,54H,3,6,9,11,13-14,18-19,21-22,24,28H2,1-2H3,(H,47,49)(H,50,53)/t2*30?,35?,41-,46?/m00/s1. The van der Waals surface area contributed by atoms with Gasteiger partial charge in [0.2, 0.25) is 0 Å². The minimum atomic E-state index is -4.56. The van der Waals surface area contributed by atoms with Crippen LogP contribution in [0.3, 0.4) is 0 Å². The number of amides is 2. The van der Waals surface area contributed by atoms with Gasteiger partial charge in [0.1, 0.15) is 45.7 Å². The summed E-state index contributed by atoms with van der Waals surface area (Å²) in [6, 6.07) is 43.8. The second-order valence-electron chi connectivity index (χ2n) is 33.4. The third kappa shape index (κ3) is 19.3. The summed E-state index contributed by atoms with van der Waals surface area (Å²) >= 11 is 0. The summed E-state index contributed by atoms with van der Waals surface area (Å²) < 4.78 is 71.7. The lowest BCUT2D eigenvalue weighted by molar-refractivity contribution is -0.384. The van der Waals surface area contributed by atoms with E-state index in [1.165, 1.54) is 71.8 Å². The molecule has 26 nitrogen and oxygen atoms in total. The number of nitrogens with one attached hydrogen (secondary N) is 6. The SMILES string of the molecule is CCc1ccccc1[C@@H]1CCCN1C1CC=C(c2ccc(C(=O)NS(=O)(=O)c3ccc(NCC4CCC(C)(O)CC4)c([N+](=O)[O-])c3)c(Oc3cnc4[nH]ccc4c3)c2)CC1.CCc1ccccc1[C@@H]1CCCN1C1CC=C(c2ccc(C(=O)NS(=O)(=O)c3ccc(NCC4CCC(C)(O)CC4)c([N+](=O)[O-])c3)c(Oc3cnc4[nH]ccc4c3)c2)CC1. The minimum absolute atomic E-state index is 0.0282. The number of nitrogens with zero attached hydrogens (tertiary/aromatic N) is 6. The van der Waals surface area contributed by atoms with Gasteiger partial charge in [-0.15, -0.1) is 0 Å². The number of nitro groups is 2. The highest BCUT2D eigenvalue weighted by atomic mass is 32.2. The van der Waals surface area contributed by atoms with Crippen molar-refractivity contribution in [2.75, 3.05) is 36.8 Å². The van der Waals surface area contributed by atoms with Crippen molar-refractivity contribution in [3.8, 4) is 23.0 Å². The molecule has 6 heterocycles. The van der Waals surface area contributed by atoms with Crippen LogP contribution in [-0.4, -0.2) is 128 Å². The number of benzene rings is 6. The fourth-order valence-electron chi connectivity index (χ4n) is 18.4. The summed E-state index contributed by atoms with van der Waals surface area (Å²) in [5, 5.41) is 52.6. The Morgan fingerprint density at radius 3 is 1.32 bits per heavy atom. The van der Waals surface area contributed by atoms with Crippen LogP contribution in [0.2, 0.25) is 0 Å². The van der Waals surface area contributed by atoms with Gasteiger partial charge in [-0.3, -0.25) is 39.6 Å². The Labute approximate surface area is 699 Å². The quantitative estimate of drug-likeness (QED) is 0.0184. The lowest BCUT2D eigenvalue weighted by Gasteiger charge is -2.36. The van der Waals surface area contributed by atoms with Crippen molar-refractivity contribution in [1.82, 2.24) is 39.2 Å². The summed E-state index contributed by atoms with van der Waals surface area (Å²) in [6.07, 6.45) is 28.8. The molecular formula is C92H104N12O14S2. The molecule has 628 valence electrons. The molecule has 10 aromatic rings. The van der Waals surface area contributed by atoms with E-state index in [9.17, 15) is 56.9 Å². The minimum Gasteiger partial charge on any atom is -0.455 e.